The van der Waals surface area contributed by atoms with Crippen molar-refractivity contribution in [3.05, 3.63) is 101 Å². The Morgan fingerprint density at radius 1 is 1.00 bits per heavy atom. The third-order valence-electron chi connectivity index (χ3n) is 5.41. The number of aromatic nitrogens is 2. The number of Topliss-reactive ketones (excluding diaryl/α,β-unsaturated/α-hetero) is 1. The molecule has 0 fully saturated rings. The van der Waals surface area contributed by atoms with E-state index in [-0.39, 0.29) is 11.3 Å². The first-order chi connectivity index (χ1) is 13.9. The topological polar surface area (TPSA) is 84.0 Å². The van der Waals surface area contributed by atoms with Crippen LogP contribution in [0.3, 0.4) is 0 Å². The lowest BCUT2D eigenvalue weighted by Gasteiger charge is -2.29. The van der Waals surface area contributed by atoms with Crippen LogP contribution < -0.4 is 16.6 Å². The number of nitrogens with one attached hydrogen (secondary N) is 2. The average molecular weight is 426 g/mol. The Morgan fingerprint density at radius 2 is 1.72 bits per heavy atom. The van der Waals surface area contributed by atoms with Crippen molar-refractivity contribution in [3.8, 4) is 0 Å². The molecule has 0 amide bonds. The second-order valence-electron chi connectivity index (χ2n) is 6.97. The van der Waals surface area contributed by atoms with Crippen LogP contribution in [-0.4, -0.2) is 15.3 Å². The molecule has 0 unspecified atom stereocenters. The highest BCUT2D eigenvalue weighted by Crippen LogP contribution is 2.49. The summed E-state index contributed by atoms with van der Waals surface area (Å²) in [7, 11) is 1.55. The summed E-state index contributed by atoms with van der Waals surface area (Å²) in [5.74, 6) is -0.600. The Hall–Kier alpha value is -3.09. The van der Waals surface area contributed by atoms with Gasteiger partial charge in [-0.25, -0.2) is 4.79 Å². The van der Waals surface area contributed by atoms with Crippen molar-refractivity contribution < 1.29 is 4.79 Å². The highest BCUT2D eigenvalue weighted by molar-refractivity contribution is 6.35. The van der Waals surface area contributed by atoms with E-state index >= 15 is 0 Å². The summed E-state index contributed by atoms with van der Waals surface area (Å²) in [4.78, 5) is 40.7. The first-order valence-electron chi connectivity index (χ1n) is 8.82. The van der Waals surface area contributed by atoms with E-state index in [4.69, 9.17) is 23.2 Å². The van der Waals surface area contributed by atoms with E-state index in [2.05, 4.69) is 10.3 Å². The fourth-order valence-corrected chi connectivity index (χ4v) is 4.60. The molecule has 2 N–H and O–H groups in total. The summed E-state index contributed by atoms with van der Waals surface area (Å²) < 4.78 is 1.32. The number of anilines is 1. The largest absolute Gasteiger partial charge is 0.340 e. The average Bonchev–Trinajstić information content (AvgIpc) is 2.98. The van der Waals surface area contributed by atoms with Crippen LogP contribution >= 0.6 is 23.2 Å². The van der Waals surface area contributed by atoms with Gasteiger partial charge in [0.25, 0.3) is 5.56 Å². The van der Waals surface area contributed by atoms with E-state index in [1.54, 1.807) is 37.4 Å². The molecule has 0 bridgehead atoms. The second kappa shape index (κ2) is 6.20. The van der Waals surface area contributed by atoms with Crippen LogP contribution in [0.2, 0.25) is 10.0 Å². The van der Waals surface area contributed by atoms with Gasteiger partial charge in [-0.05, 0) is 17.7 Å². The molecule has 144 valence electrons. The normalized spacial score (nSPS) is 16.9. The van der Waals surface area contributed by atoms with Gasteiger partial charge in [0.05, 0.1) is 17.2 Å². The van der Waals surface area contributed by atoms with Gasteiger partial charge in [0.15, 0.2) is 5.78 Å². The Balaban J connectivity index is 1.89. The van der Waals surface area contributed by atoms with Gasteiger partial charge in [0.1, 0.15) is 5.82 Å². The number of carbonyl (C=O) groups is 1. The second-order valence-corrected chi connectivity index (χ2v) is 7.81. The highest BCUT2D eigenvalue weighted by atomic mass is 35.5. The maximum atomic E-state index is 13.3. The fourth-order valence-electron chi connectivity index (χ4n) is 4.08. The predicted molar refractivity (Wildman–Crippen MR) is 112 cm³/mol. The Labute approximate surface area is 174 Å². The number of hydrogen-bond acceptors (Lipinski definition) is 4. The van der Waals surface area contributed by atoms with Crippen LogP contribution in [0.25, 0.3) is 5.70 Å². The minimum absolute atomic E-state index is 0.182. The maximum absolute atomic E-state index is 13.3. The Kier molecular flexibility index (Phi) is 3.84. The molecule has 2 aromatic carbocycles. The molecule has 5 rings (SSSR count). The monoisotopic (exact) mass is 425 g/mol. The Bertz CT molecular complexity index is 1380. The zero-order chi connectivity index (χ0) is 20.4. The number of allylic oxidation sites excluding steroid dienone is 1. The predicted octanol–water partition coefficient (Wildman–Crippen LogP) is 3.55. The van der Waals surface area contributed by atoms with Crippen molar-refractivity contribution in [1.29, 1.82) is 0 Å². The summed E-state index contributed by atoms with van der Waals surface area (Å²) in [5.41, 5.74) is 1.97. The van der Waals surface area contributed by atoms with Crippen LogP contribution in [0, 0.1) is 0 Å². The first kappa shape index (κ1) is 18.0. The maximum Gasteiger partial charge on any atom is 0.329 e. The molecule has 8 heteroatoms. The molecule has 1 atom stereocenters. The Morgan fingerprint density at radius 3 is 2.45 bits per heavy atom. The zero-order valence-electron chi connectivity index (χ0n) is 15.0. The quantitative estimate of drug-likeness (QED) is 0.624. The molecule has 1 aliphatic heterocycles. The first-order valence-corrected chi connectivity index (χ1v) is 9.57. The van der Waals surface area contributed by atoms with Crippen molar-refractivity contribution in [2.75, 3.05) is 5.32 Å². The van der Waals surface area contributed by atoms with E-state index in [9.17, 15) is 14.4 Å². The van der Waals surface area contributed by atoms with Crippen molar-refractivity contribution >= 4 is 40.5 Å². The minimum atomic E-state index is -0.749. The number of carbonyl (C=O) groups excluding carboxylic acids is 1. The molecule has 3 aromatic rings. The van der Waals surface area contributed by atoms with Crippen molar-refractivity contribution in [1.82, 2.24) is 9.55 Å². The van der Waals surface area contributed by atoms with E-state index in [1.165, 1.54) is 4.57 Å². The lowest BCUT2D eigenvalue weighted by atomic mass is 9.81. The van der Waals surface area contributed by atoms with Gasteiger partial charge in [0.2, 0.25) is 0 Å². The molecule has 6 nitrogen and oxygen atoms in total. The summed E-state index contributed by atoms with van der Waals surface area (Å²) in [6, 6.07) is 12.1. The number of ketones is 1. The molecule has 2 aliphatic rings. The number of benzene rings is 2. The summed E-state index contributed by atoms with van der Waals surface area (Å²) in [6.45, 7) is 0. The van der Waals surface area contributed by atoms with Gasteiger partial charge >= 0.3 is 5.69 Å². The number of aromatic amines is 1. The molecule has 29 heavy (non-hydrogen) atoms. The van der Waals surface area contributed by atoms with Crippen LogP contribution in [0.4, 0.5) is 5.82 Å². The van der Waals surface area contributed by atoms with Gasteiger partial charge in [-0.3, -0.25) is 19.1 Å². The number of rotatable bonds is 1. The van der Waals surface area contributed by atoms with Gasteiger partial charge in [-0.1, -0.05) is 53.5 Å². The summed E-state index contributed by atoms with van der Waals surface area (Å²) >= 11 is 12.5. The molecule has 1 aliphatic carbocycles. The highest BCUT2D eigenvalue weighted by Gasteiger charge is 2.42. The summed E-state index contributed by atoms with van der Waals surface area (Å²) in [5, 5.41) is 3.93. The van der Waals surface area contributed by atoms with E-state index < -0.39 is 17.2 Å². The number of nitrogens with zero attached hydrogens (tertiary/aromatic N) is 1. The molecular formula is C21H13Cl2N3O3. The van der Waals surface area contributed by atoms with Gasteiger partial charge in [0, 0.05) is 33.8 Å². The smallest absolute Gasteiger partial charge is 0.329 e. The van der Waals surface area contributed by atoms with Crippen molar-refractivity contribution in [2.24, 2.45) is 7.05 Å². The number of hydrogen-bond donors (Lipinski definition) is 2. The van der Waals surface area contributed by atoms with Crippen LogP contribution in [0.15, 0.2) is 57.6 Å². The van der Waals surface area contributed by atoms with Gasteiger partial charge < -0.3 is 5.32 Å². The molecule has 0 radical (unpaired) electrons. The van der Waals surface area contributed by atoms with Crippen LogP contribution in [0.1, 0.15) is 33.0 Å². The van der Waals surface area contributed by atoms with Crippen molar-refractivity contribution in [2.45, 2.75) is 5.92 Å². The third-order valence-corrected chi connectivity index (χ3v) is 5.97. The van der Waals surface area contributed by atoms with Gasteiger partial charge in [-0.15, -0.1) is 0 Å². The fraction of sp³-hybridized carbons (Fsp3) is 0.0952. The number of halogens is 2. The summed E-state index contributed by atoms with van der Waals surface area (Å²) in [6.07, 6.45) is 0. The third kappa shape index (κ3) is 2.46. The standard InChI is InChI=1S/C21H13Cl2N3O3/c1-26-19-16(20(28)25-21(26)29)14(12-7-6-9(22)8-13(12)23)15-17(24-19)10-4-2-3-5-11(10)18(15)27/h2-8,14,24H,1H3,(H,25,28,29)/t14-/m0/s1. The molecule has 0 saturated heterocycles. The van der Waals surface area contributed by atoms with E-state index in [0.29, 0.717) is 38.3 Å². The van der Waals surface area contributed by atoms with Crippen LogP contribution in [0.5, 0.6) is 0 Å². The number of fused-ring (bicyclic) bond motifs is 3. The van der Waals surface area contributed by atoms with Gasteiger partial charge in [-0.2, -0.15) is 0 Å². The lowest BCUT2D eigenvalue weighted by Crippen LogP contribution is -2.37. The molecule has 0 saturated carbocycles. The van der Waals surface area contributed by atoms with Crippen LogP contribution in [-0.2, 0) is 7.05 Å². The molecule has 0 spiro atoms. The number of H-pyrrole nitrogens is 1. The minimum Gasteiger partial charge on any atom is -0.340 e. The SMILES string of the molecule is Cn1c2c(c(=O)[nH]c1=O)[C@@H](c1ccc(Cl)cc1Cl)C1=C(N2)c2ccccc2C1=O. The van der Waals surface area contributed by atoms with E-state index in [0.717, 1.165) is 5.56 Å². The van der Waals surface area contributed by atoms with Crippen molar-refractivity contribution in [3.63, 3.8) is 0 Å². The zero-order valence-corrected chi connectivity index (χ0v) is 16.6. The van der Waals surface area contributed by atoms with E-state index in [1.807, 2.05) is 12.1 Å². The molecule has 2 heterocycles. The lowest BCUT2D eigenvalue weighted by molar-refractivity contribution is 0.103. The molecular weight excluding hydrogens is 413 g/mol. The molecule has 1 aromatic heterocycles.